The lowest BCUT2D eigenvalue weighted by atomic mass is 10.0. The summed E-state index contributed by atoms with van der Waals surface area (Å²) in [4.78, 5) is 8.65. The van der Waals surface area contributed by atoms with Crippen molar-refractivity contribution in [3.63, 3.8) is 0 Å². The lowest BCUT2D eigenvalue weighted by molar-refractivity contribution is 0.628. The van der Waals surface area contributed by atoms with E-state index < -0.39 is 0 Å². The van der Waals surface area contributed by atoms with Crippen LogP contribution in [0.2, 0.25) is 0 Å². The largest absolute Gasteiger partial charge is 0.291 e. The maximum Gasteiger partial charge on any atom is 0.144 e. The highest BCUT2D eigenvalue weighted by molar-refractivity contribution is 5.80. The fraction of sp³-hybridized carbons (Fsp3) is 0. The van der Waals surface area contributed by atoms with Gasteiger partial charge in [0.05, 0.1) is 11.9 Å². The molecule has 0 aliphatic heterocycles. The van der Waals surface area contributed by atoms with Crippen molar-refractivity contribution in [2.75, 3.05) is 0 Å². The Hall–Kier alpha value is -3.52. The molecule has 0 atom stereocenters. The number of pyridine rings is 2. The first-order valence-electron chi connectivity index (χ1n) is 7.35. The number of rotatable bonds is 2. The highest BCUT2D eigenvalue weighted by Crippen LogP contribution is 2.30. The van der Waals surface area contributed by atoms with Gasteiger partial charge in [-0.1, -0.05) is 6.07 Å². The van der Waals surface area contributed by atoms with Crippen molar-refractivity contribution < 1.29 is 4.39 Å². The molecule has 0 unspecified atom stereocenters. The van der Waals surface area contributed by atoms with Gasteiger partial charge in [-0.15, -0.1) is 0 Å². The molecule has 5 heteroatoms. The SMILES string of the molecule is N#Cc1cnc2ccc(-c3cccnc3-c3ccc(F)cc3)cn12. The second kappa shape index (κ2) is 5.60. The van der Waals surface area contributed by atoms with Gasteiger partial charge in [0.1, 0.15) is 23.2 Å². The number of hydrogen-bond donors (Lipinski definition) is 0. The first kappa shape index (κ1) is 14.1. The van der Waals surface area contributed by atoms with E-state index in [1.807, 2.05) is 30.5 Å². The number of hydrogen-bond acceptors (Lipinski definition) is 3. The summed E-state index contributed by atoms with van der Waals surface area (Å²) < 4.78 is 14.9. The molecule has 4 aromatic rings. The Balaban J connectivity index is 1.91. The lowest BCUT2D eigenvalue weighted by Gasteiger charge is -2.09. The Morgan fingerprint density at radius 1 is 0.958 bits per heavy atom. The molecule has 0 bridgehead atoms. The summed E-state index contributed by atoms with van der Waals surface area (Å²) >= 11 is 0. The van der Waals surface area contributed by atoms with Crippen LogP contribution in [0.1, 0.15) is 5.69 Å². The number of aromatic nitrogens is 3. The molecule has 3 heterocycles. The lowest BCUT2D eigenvalue weighted by Crippen LogP contribution is -1.93. The van der Waals surface area contributed by atoms with Gasteiger partial charge in [-0.3, -0.25) is 9.38 Å². The van der Waals surface area contributed by atoms with Gasteiger partial charge in [-0.25, -0.2) is 9.37 Å². The Morgan fingerprint density at radius 2 is 1.75 bits per heavy atom. The maximum absolute atomic E-state index is 13.2. The summed E-state index contributed by atoms with van der Waals surface area (Å²) in [5.41, 5.74) is 4.59. The predicted molar refractivity (Wildman–Crippen MR) is 88.5 cm³/mol. The zero-order valence-electron chi connectivity index (χ0n) is 12.5. The Kier molecular flexibility index (Phi) is 3.29. The van der Waals surface area contributed by atoms with Crippen molar-refractivity contribution in [2.24, 2.45) is 0 Å². The minimum Gasteiger partial charge on any atom is -0.291 e. The molecular weight excluding hydrogens is 303 g/mol. The van der Waals surface area contributed by atoms with Crippen molar-refractivity contribution in [3.05, 3.63) is 78.6 Å². The van der Waals surface area contributed by atoms with E-state index in [9.17, 15) is 9.65 Å². The van der Waals surface area contributed by atoms with Crippen LogP contribution in [0.15, 0.2) is 67.1 Å². The summed E-state index contributed by atoms with van der Waals surface area (Å²) in [6.07, 6.45) is 5.12. The smallest absolute Gasteiger partial charge is 0.144 e. The Morgan fingerprint density at radius 3 is 2.54 bits per heavy atom. The van der Waals surface area contributed by atoms with E-state index in [4.69, 9.17) is 0 Å². The fourth-order valence-electron chi connectivity index (χ4n) is 2.70. The van der Waals surface area contributed by atoms with Gasteiger partial charge < -0.3 is 0 Å². The van der Waals surface area contributed by atoms with E-state index in [1.165, 1.54) is 12.1 Å². The summed E-state index contributed by atoms with van der Waals surface area (Å²) in [6.45, 7) is 0. The molecule has 0 saturated heterocycles. The zero-order valence-corrected chi connectivity index (χ0v) is 12.5. The van der Waals surface area contributed by atoms with Crippen molar-refractivity contribution >= 4 is 5.65 Å². The molecule has 24 heavy (non-hydrogen) atoms. The number of imidazole rings is 1. The molecule has 0 saturated carbocycles. The third kappa shape index (κ3) is 2.31. The summed E-state index contributed by atoms with van der Waals surface area (Å²) in [5.74, 6) is -0.283. The third-order valence-electron chi connectivity index (χ3n) is 3.86. The second-order valence-electron chi connectivity index (χ2n) is 5.31. The highest BCUT2D eigenvalue weighted by Gasteiger charge is 2.11. The first-order chi connectivity index (χ1) is 11.8. The van der Waals surface area contributed by atoms with Crippen LogP contribution >= 0.6 is 0 Å². The average molecular weight is 314 g/mol. The van der Waals surface area contributed by atoms with Crippen LogP contribution in [0.4, 0.5) is 4.39 Å². The summed E-state index contributed by atoms with van der Waals surface area (Å²) in [6, 6.07) is 16.0. The van der Waals surface area contributed by atoms with E-state index in [-0.39, 0.29) is 5.82 Å². The van der Waals surface area contributed by atoms with Crippen molar-refractivity contribution in [1.29, 1.82) is 5.26 Å². The third-order valence-corrected chi connectivity index (χ3v) is 3.86. The van der Waals surface area contributed by atoms with E-state index in [2.05, 4.69) is 16.0 Å². The number of nitrogens with zero attached hydrogens (tertiary/aromatic N) is 4. The number of benzene rings is 1. The van der Waals surface area contributed by atoms with E-state index in [0.717, 1.165) is 22.4 Å². The highest BCUT2D eigenvalue weighted by atomic mass is 19.1. The van der Waals surface area contributed by atoms with E-state index >= 15 is 0 Å². The van der Waals surface area contributed by atoms with Crippen LogP contribution in [-0.2, 0) is 0 Å². The van der Waals surface area contributed by atoms with Crippen LogP contribution in [0.25, 0.3) is 28.0 Å². The van der Waals surface area contributed by atoms with Crippen molar-refractivity contribution in [2.45, 2.75) is 0 Å². The van der Waals surface area contributed by atoms with Crippen LogP contribution in [0.5, 0.6) is 0 Å². The number of fused-ring (bicyclic) bond motifs is 1. The van der Waals surface area contributed by atoms with Gasteiger partial charge in [0, 0.05) is 29.1 Å². The van der Waals surface area contributed by atoms with Gasteiger partial charge in [-0.05, 0) is 42.5 Å². The van der Waals surface area contributed by atoms with E-state index in [0.29, 0.717) is 11.3 Å². The molecule has 0 radical (unpaired) electrons. The molecule has 3 aromatic heterocycles. The number of halogens is 1. The van der Waals surface area contributed by atoms with Crippen LogP contribution < -0.4 is 0 Å². The molecule has 0 N–H and O–H groups in total. The van der Waals surface area contributed by atoms with Crippen LogP contribution in [0, 0.1) is 17.1 Å². The fourth-order valence-corrected chi connectivity index (χ4v) is 2.70. The minimum atomic E-state index is -0.283. The molecule has 0 fully saturated rings. The maximum atomic E-state index is 13.2. The van der Waals surface area contributed by atoms with Crippen LogP contribution in [0.3, 0.4) is 0 Å². The second-order valence-corrected chi connectivity index (χ2v) is 5.31. The molecule has 4 nitrogen and oxygen atoms in total. The minimum absolute atomic E-state index is 0.283. The molecular formula is C19H11FN4. The van der Waals surface area contributed by atoms with Crippen LogP contribution in [-0.4, -0.2) is 14.4 Å². The Bertz CT molecular complexity index is 1070. The number of nitriles is 1. The summed E-state index contributed by atoms with van der Waals surface area (Å²) in [5, 5.41) is 9.19. The first-order valence-corrected chi connectivity index (χ1v) is 7.35. The quantitative estimate of drug-likeness (QED) is 0.560. The van der Waals surface area contributed by atoms with Gasteiger partial charge >= 0.3 is 0 Å². The van der Waals surface area contributed by atoms with Gasteiger partial charge in [0.15, 0.2) is 0 Å². The molecule has 0 amide bonds. The average Bonchev–Trinajstić information content (AvgIpc) is 3.04. The van der Waals surface area contributed by atoms with Crippen molar-refractivity contribution in [3.8, 4) is 28.5 Å². The summed E-state index contributed by atoms with van der Waals surface area (Å²) in [7, 11) is 0. The van der Waals surface area contributed by atoms with Gasteiger partial charge in [0.25, 0.3) is 0 Å². The molecule has 1 aromatic carbocycles. The standard InChI is InChI=1S/C19H11FN4/c20-15-6-3-13(4-7-15)19-17(2-1-9-22-19)14-5-8-18-23-11-16(10-21)24(18)12-14/h1-9,11-12H. The molecule has 0 spiro atoms. The topological polar surface area (TPSA) is 54.0 Å². The zero-order chi connectivity index (χ0) is 16.5. The van der Waals surface area contributed by atoms with Gasteiger partial charge in [0.2, 0.25) is 0 Å². The molecule has 114 valence electrons. The van der Waals surface area contributed by atoms with Crippen molar-refractivity contribution in [1.82, 2.24) is 14.4 Å². The van der Waals surface area contributed by atoms with Gasteiger partial charge in [-0.2, -0.15) is 5.26 Å². The molecule has 0 aliphatic rings. The predicted octanol–water partition coefficient (Wildman–Crippen LogP) is 4.07. The Labute approximate surface area is 137 Å². The normalized spacial score (nSPS) is 10.7. The molecule has 0 aliphatic carbocycles. The molecule has 4 rings (SSSR count). The monoisotopic (exact) mass is 314 g/mol. The van der Waals surface area contributed by atoms with E-state index in [1.54, 1.807) is 28.9 Å².